The van der Waals surface area contributed by atoms with Crippen molar-refractivity contribution >= 4 is 16.0 Å². The highest BCUT2D eigenvalue weighted by atomic mass is 32.2. The first-order valence-electron chi connectivity index (χ1n) is 5.96. The van der Waals surface area contributed by atoms with Crippen LogP contribution in [0.3, 0.4) is 0 Å². The van der Waals surface area contributed by atoms with Crippen molar-refractivity contribution in [3.8, 4) is 0 Å². The number of rotatable bonds is 5. The van der Waals surface area contributed by atoms with E-state index in [1.807, 2.05) is 0 Å². The molecule has 0 spiro atoms. The Bertz CT molecular complexity index is 610. The number of carboxylic acid groups (broad SMARTS) is 1. The van der Waals surface area contributed by atoms with E-state index in [1.54, 1.807) is 6.92 Å². The molecule has 0 saturated carbocycles. The van der Waals surface area contributed by atoms with Crippen LogP contribution in [-0.4, -0.2) is 43.9 Å². The van der Waals surface area contributed by atoms with Crippen molar-refractivity contribution in [3.05, 3.63) is 17.5 Å². The third kappa shape index (κ3) is 3.00. The molecule has 1 aliphatic heterocycles. The van der Waals surface area contributed by atoms with Gasteiger partial charge in [-0.25, -0.2) is 13.1 Å². The third-order valence-electron chi connectivity index (χ3n) is 3.28. The molecule has 1 aromatic heterocycles. The van der Waals surface area contributed by atoms with Crippen LogP contribution in [0.2, 0.25) is 0 Å². The van der Waals surface area contributed by atoms with Crippen LogP contribution in [0, 0.1) is 12.3 Å². The SMILES string of the molecule is Cc1cc(CS(=O)(=O)NC2COCC2(C)C(=O)O)no1. The smallest absolute Gasteiger partial charge is 0.313 e. The number of carbonyl (C=O) groups is 1. The van der Waals surface area contributed by atoms with Crippen molar-refractivity contribution in [1.82, 2.24) is 9.88 Å². The van der Waals surface area contributed by atoms with E-state index in [9.17, 15) is 18.3 Å². The van der Waals surface area contributed by atoms with Gasteiger partial charge in [0.15, 0.2) is 0 Å². The molecule has 0 aromatic carbocycles. The minimum Gasteiger partial charge on any atom is -0.481 e. The molecule has 2 N–H and O–H groups in total. The quantitative estimate of drug-likeness (QED) is 0.779. The van der Waals surface area contributed by atoms with Crippen molar-refractivity contribution < 1.29 is 27.6 Å². The lowest BCUT2D eigenvalue weighted by atomic mass is 9.86. The maximum absolute atomic E-state index is 12.0. The molecule has 2 atom stereocenters. The van der Waals surface area contributed by atoms with Gasteiger partial charge in [-0.05, 0) is 13.8 Å². The number of hydrogen-bond donors (Lipinski definition) is 2. The molecule has 1 fully saturated rings. The predicted molar refractivity (Wildman–Crippen MR) is 67.3 cm³/mol. The minimum absolute atomic E-state index is 0.0277. The average molecular weight is 304 g/mol. The van der Waals surface area contributed by atoms with Crippen LogP contribution >= 0.6 is 0 Å². The molecule has 1 aromatic rings. The van der Waals surface area contributed by atoms with Gasteiger partial charge in [0, 0.05) is 6.07 Å². The minimum atomic E-state index is -3.73. The van der Waals surface area contributed by atoms with Gasteiger partial charge in [0.25, 0.3) is 0 Å². The average Bonchev–Trinajstić information content (AvgIpc) is 2.86. The summed E-state index contributed by atoms with van der Waals surface area (Å²) < 4.78 is 36.3. The van der Waals surface area contributed by atoms with Crippen LogP contribution < -0.4 is 4.72 Å². The van der Waals surface area contributed by atoms with Gasteiger partial charge >= 0.3 is 5.97 Å². The lowest BCUT2D eigenvalue weighted by Crippen LogP contribution is -2.49. The molecule has 20 heavy (non-hydrogen) atoms. The van der Waals surface area contributed by atoms with E-state index < -0.39 is 27.4 Å². The topological polar surface area (TPSA) is 119 Å². The first kappa shape index (κ1) is 14.9. The fraction of sp³-hybridized carbons (Fsp3) is 0.636. The summed E-state index contributed by atoms with van der Waals surface area (Å²) in [5, 5.41) is 12.8. The lowest BCUT2D eigenvalue weighted by molar-refractivity contribution is -0.148. The van der Waals surface area contributed by atoms with E-state index in [1.165, 1.54) is 13.0 Å². The summed E-state index contributed by atoms with van der Waals surface area (Å²) in [6, 6.07) is 0.707. The highest BCUT2D eigenvalue weighted by Gasteiger charge is 2.48. The number of nitrogens with one attached hydrogen (secondary N) is 1. The molecular formula is C11H16N2O6S. The van der Waals surface area contributed by atoms with E-state index in [0.29, 0.717) is 5.76 Å². The number of aromatic nitrogens is 1. The number of sulfonamides is 1. The van der Waals surface area contributed by atoms with E-state index in [-0.39, 0.29) is 24.7 Å². The molecule has 0 radical (unpaired) electrons. The second kappa shape index (κ2) is 5.15. The fourth-order valence-corrected chi connectivity index (χ4v) is 3.36. The van der Waals surface area contributed by atoms with E-state index in [0.717, 1.165) is 0 Å². The largest absolute Gasteiger partial charge is 0.481 e. The maximum atomic E-state index is 12.0. The molecule has 0 bridgehead atoms. The number of aliphatic carboxylic acids is 1. The van der Waals surface area contributed by atoms with Crippen molar-refractivity contribution in [2.75, 3.05) is 13.2 Å². The van der Waals surface area contributed by atoms with E-state index >= 15 is 0 Å². The van der Waals surface area contributed by atoms with Gasteiger partial charge in [-0.2, -0.15) is 0 Å². The van der Waals surface area contributed by atoms with E-state index in [4.69, 9.17) is 9.26 Å². The van der Waals surface area contributed by atoms with Crippen molar-refractivity contribution in [2.24, 2.45) is 5.41 Å². The van der Waals surface area contributed by atoms with E-state index in [2.05, 4.69) is 9.88 Å². The van der Waals surface area contributed by atoms with Crippen molar-refractivity contribution in [3.63, 3.8) is 0 Å². The van der Waals surface area contributed by atoms with Gasteiger partial charge in [-0.15, -0.1) is 0 Å². The Hall–Kier alpha value is -1.45. The zero-order valence-electron chi connectivity index (χ0n) is 11.1. The fourth-order valence-electron chi connectivity index (χ4n) is 1.99. The predicted octanol–water partition coefficient (Wildman–Crippen LogP) is -0.108. The summed E-state index contributed by atoms with van der Waals surface area (Å²) in [5.74, 6) is -0.953. The molecule has 2 unspecified atom stereocenters. The zero-order valence-corrected chi connectivity index (χ0v) is 11.9. The Balaban J connectivity index is 2.10. The van der Waals surface area contributed by atoms with Crippen LogP contribution in [0.4, 0.5) is 0 Å². The molecule has 1 saturated heterocycles. The lowest BCUT2D eigenvalue weighted by Gasteiger charge is -2.25. The first-order chi connectivity index (χ1) is 9.23. The van der Waals surface area contributed by atoms with Gasteiger partial charge in [-0.3, -0.25) is 4.79 Å². The second-order valence-corrected chi connectivity index (χ2v) is 6.85. The second-order valence-electron chi connectivity index (χ2n) is 5.10. The highest BCUT2D eigenvalue weighted by molar-refractivity contribution is 7.88. The number of ether oxygens (including phenoxy) is 1. The summed E-state index contributed by atoms with van der Waals surface area (Å²) in [6.45, 7) is 3.11. The Kier molecular flexibility index (Phi) is 3.85. The molecule has 9 heteroatoms. The van der Waals surface area contributed by atoms with Crippen LogP contribution in [0.15, 0.2) is 10.6 Å². The normalized spacial score (nSPS) is 26.8. The van der Waals surface area contributed by atoms with Crippen molar-refractivity contribution in [1.29, 1.82) is 0 Å². The number of aryl methyl sites for hydroxylation is 1. The van der Waals surface area contributed by atoms with Gasteiger partial charge < -0.3 is 14.4 Å². The van der Waals surface area contributed by atoms with Gasteiger partial charge in [0.2, 0.25) is 10.0 Å². The van der Waals surface area contributed by atoms with Gasteiger partial charge in [0.1, 0.15) is 22.6 Å². The first-order valence-corrected chi connectivity index (χ1v) is 7.61. The zero-order chi connectivity index (χ0) is 15.0. The molecule has 0 amide bonds. The Labute approximate surface area is 116 Å². The molecule has 1 aliphatic rings. The Morgan fingerprint density at radius 1 is 1.65 bits per heavy atom. The number of hydrogen-bond acceptors (Lipinski definition) is 6. The molecule has 0 aliphatic carbocycles. The highest BCUT2D eigenvalue weighted by Crippen LogP contribution is 2.29. The summed E-state index contributed by atoms with van der Waals surface area (Å²) in [7, 11) is -3.73. The summed E-state index contributed by atoms with van der Waals surface area (Å²) >= 11 is 0. The molecule has 2 rings (SSSR count). The van der Waals surface area contributed by atoms with Crippen LogP contribution in [0.5, 0.6) is 0 Å². The summed E-state index contributed by atoms with van der Waals surface area (Å²) in [4.78, 5) is 11.2. The van der Waals surface area contributed by atoms with Gasteiger partial charge in [-0.1, -0.05) is 5.16 Å². The van der Waals surface area contributed by atoms with Crippen LogP contribution in [0.1, 0.15) is 18.4 Å². The third-order valence-corrected chi connectivity index (χ3v) is 4.60. The molecular weight excluding hydrogens is 288 g/mol. The van der Waals surface area contributed by atoms with Gasteiger partial charge in [0.05, 0.1) is 19.3 Å². The molecule has 112 valence electrons. The van der Waals surface area contributed by atoms with Crippen molar-refractivity contribution in [2.45, 2.75) is 25.6 Å². The number of nitrogens with zero attached hydrogens (tertiary/aromatic N) is 1. The molecule has 8 nitrogen and oxygen atoms in total. The molecule has 2 heterocycles. The summed E-state index contributed by atoms with van der Waals surface area (Å²) in [5.41, 5.74) is -1.00. The van der Waals surface area contributed by atoms with Crippen LogP contribution in [0.25, 0.3) is 0 Å². The Morgan fingerprint density at radius 3 is 2.90 bits per heavy atom. The monoisotopic (exact) mass is 304 g/mol. The maximum Gasteiger partial charge on any atom is 0.313 e. The van der Waals surface area contributed by atoms with Crippen LogP contribution in [-0.2, 0) is 25.3 Å². The Morgan fingerprint density at radius 2 is 2.35 bits per heavy atom. The summed E-state index contributed by atoms with van der Waals surface area (Å²) in [6.07, 6.45) is 0. The number of carboxylic acids is 1. The standard InChI is InChI=1S/C11H16N2O6S/c1-7-3-8(12-19-7)5-20(16,17)13-9-4-18-6-11(9,2)10(14)15/h3,9,13H,4-6H2,1-2H3,(H,14,15).